The average Bonchev–Trinajstić information content (AvgIpc) is 2.99. The number of halogens is 5. The number of sulfonamides is 1. The van der Waals surface area contributed by atoms with E-state index in [1.54, 1.807) is 0 Å². The molecule has 0 aromatic heterocycles. The van der Waals surface area contributed by atoms with Gasteiger partial charge in [0.2, 0.25) is 15.9 Å². The number of hydrogen-bond acceptors (Lipinski definition) is 3. The number of rotatable bonds is 7. The Bertz CT molecular complexity index is 1320. The normalized spacial score (nSPS) is 28.5. The molecular weight excluding hydrogens is 503 g/mol. The van der Waals surface area contributed by atoms with Gasteiger partial charge >= 0.3 is 0 Å². The standard InChI is InChI=1S/C25H25F5N2O3S/c1-2-36(34,35)31-22-20(32(13-25(22,29)30)23(33)24-10-14(11-24)12-24)8-15-4-3-5-17(21(15)28)18-9-16(26)6-7-19(18)27/h3-7,9,14,20,22,31H,2,8,10-13H2,1H3/t14?,20-,22+,24?/m0/s1. The first-order chi connectivity index (χ1) is 16.9. The molecule has 4 fully saturated rings. The van der Waals surface area contributed by atoms with Crippen molar-refractivity contribution in [2.24, 2.45) is 11.3 Å². The molecule has 4 aliphatic rings. The zero-order valence-electron chi connectivity index (χ0n) is 19.4. The summed E-state index contributed by atoms with van der Waals surface area (Å²) in [5.41, 5.74) is -1.42. The predicted molar refractivity (Wildman–Crippen MR) is 122 cm³/mol. The first kappa shape index (κ1) is 25.1. The molecule has 2 bridgehead atoms. The second-order valence-electron chi connectivity index (χ2n) is 10.1. The van der Waals surface area contributed by atoms with Gasteiger partial charge in [-0.3, -0.25) is 4.79 Å². The van der Waals surface area contributed by atoms with Gasteiger partial charge in [-0.1, -0.05) is 18.2 Å². The van der Waals surface area contributed by atoms with Gasteiger partial charge in [-0.2, -0.15) is 0 Å². The smallest absolute Gasteiger partial charge is 0.283 e. The van der Waals surface area contributed by atoms with Gasteiger partial charge in [-0.05, 0) is 62.3 Å². The summed E-state index contributed by atoms with van der Waals surface area (Å²) in [7, 11) is -4.09. The second kappa shape index (κ2) is 8.51. The van der Waals surface area contributed by atoms with E-state index in [1.165, 1.54) is 25.1 Å². The molecule has 1 aliphatic heterocycles. The van der Waals surface area contributed by atoms with Crippen molar-refractivity contribution in [3.05, 3.63) is 59.4 Å². The van der Waals surface area contributed by atoms with Gasteiger partial charge in [-0.25, -0.2) is 35.1 Å². The molecule has 1 amide bonds. The third-order valence-corrected chi connectivity index (χ3v) is 9.16. The van der Waals surface area contributed by atoms with E-state index in [0.717, 1.165) is 23.1 Å². The van der Waals surface area contributed by atoms with Crippen LogP contribution in [-0.4, -0.2) is 49.5 Å². The summed E-state index contributed by atoms with van der Waals surface area (Å²) in [5, 5.41) is 0. The molecule has 0 radical (unpaired) electrons. The van der Waals surface area contributed by atoms with Crippen molar-refractivity contribution in [3.8, 4) is 11.1 Å². The fraction of sp³-hybridized carbons (Fsp3) is 0.480. The summed E-state index contributed by atoms with van der Waals surface area (Å²) in [4.78, 5) is 14.3. The maximum atomic E-state index is 15.6. The van der Waals surface area contributed by atoms with Crippen LogP contribution in [0.25, 0.3) is 11.1 Å². The Morgan fingerprint density at radius 1 is 1.08 bits per heavy atom. The molecule has 2 atom stereocenters. The second-order valence-corrected chi connectivity index (χ2v) is 12.2. The highest BCUT2D eigenvalue weighted by Crippen LogP contribution is 2.65. The fourth-order valence-electron chi connectivity index (χ4n) is 5.72. The summed E-state index contributed by atoms with van der Waals surface area (Å²) in [5.74, 6) is -6.71. The molecule has 5 nitrogen and oxygen atoms in total. The van der Waals surface area contributed by atoms with Crippen LogP contribution in [0.3, 0.4) is 0 Å². The van der Waals surface area contributed by atoms with E-state index in [1.807, 2.05) is 4.72 Å². The van der Waals surface area contributed by atoms with Gasteiger partial charge < -0.3 is 4.90 Å². The zero-order chi connectivity index (χ0) is 26.0. The molecule has 2 aromatic rings. The Hall–Kier alpha value is -2.53. The van der Waals surface area contributed by atoms with Crippen LogP contribution >= 0.6 is 0 Å². The lowest BCUT2D eigenvalue weighted by Crippen LogP contribution is -2.62. The summed E-state index contributed by atoms with van der Waals surface area (Å²) >= 11 is 0. The van der Waals surface area contributed by atoms with Crippen LogP contribution < -0.4 is 4.72 Å². The molecule has 2 aromatic carbocycles. The molecule has 1 saturated heterocycles. The zero-order valence-corrected chi connectivity index (χ0v) is 20.2. The Kier molecular flexibility index (Phi) is 5.94. The first-order valence-electron chi connectivity index (χ1n) is 11.8. The Balaban J connectivity index is 1.53. The van der Waals surface area contributed by atoms with Gasteiger partial charge in [0.05, 0.1) is 23.8 Å². The van der Waals surface area contributed by atoms with Crippen LogP contribution in [0, 0.1) is 28.8 Å². The average molecular weight is 529 g/mol. The van der Waals surface area contributed by atoms with Crippen LogP contribution in [0.15, 0.2) is 36.4 Å². The molecule has 3 aliphatic carbocycles. The number of carbonyl (C=O) groups is 1. The molecule has 0 spiro atoms. The van der Waals surface area contributed by atoms with E-state index in [9.17, 15) is 22.0 Å². The largest absolute Gasteiger partial charge is 0.331 e. The van der Waals surface area contributed by atoms with Gasteiger partial charge in [0.25, 0.3) is 5.92 Å². The maximum Gasteiger partial charge on any atom is 0.283 e. The highest BCUT2D eigenvalue weighted by molar-refractivity contribution is 7.89. The topological polar surface area (TPSA) is 66.5 Å². The minimum absolute atomic E-state index is 0.116. The maximum absolute atomic E-state index is 15.6. The van der Waals surface area contributed by atoms with Crippen molar-refractivity contribution in [1.29, 1.82) is 0 Å². The number of nitrogens with one attached hydrogen (secondary N) is 1. The monoisotopic (exact) mass is 528 g/mol. The molecule has 6 rings (SSSR count). The van der Waals surface area contributed by atoms with Gasteiger partial charge in [0.15, 0.2) is 0 Å². The summed E-state index contributed by atoms with van der Waals surface area (Å²) < 4.78 is 101. The number of carbonyl (C=O) groups excluding carboxylic acids is 1. The quantitative estimate of drug-likeness (QED) is 0.546. The molecule has 0 unspecified atom stereocenters. The van der Waals surface area contributed by atoms with Gasteiger partial charge in [0, 0.05) is 11.1 Å². The minimum atomic E-state index is -4.09. The van der Waals surface area contributed by atoms with Crippen molar-refractivity contribution in [1.82, 2.24) is 9.62 Å². The fourth-order valence-corrected chi connectivity index (χ4v) is 6.60. The number of nitrogens with zero attached hydrogens (tertiary/aromatic N) is 1. The van der Waals surface area contributed by atoms with Crippen LogP contribution in [0.1, 0.15) is 31.7 Å². The molecular formula is C25H25F5N2O3S. The lowest BCUT2D eigenvalue weighted by atomic mass is 9.44. The van der Waals surface area contributed by atoms with Crippen molar-refractivity contribution in [2.45, 2.75) is 50.6 Å². The van der Waals surface area contributed by atoms with Crippen molar-refractivity contribution >= 4 is 15.9 Å². The molecule has 1 heterocycles. The highest BCUT2D eigenvalue weighted by atomic mass is 32.2. The van der Waals surface area contributed by atoms with Gasteiger partial charge in [-0.15, -0.1) is 0 Å². The van der Waals surface area contributed by atoms with Gasteiger partial charge in [0.1, 0.15) is 23.5 Å². The molecule has 11 heteroatoms. The van der Waals surface area contributed by atoms with Crippen LogP contribution in [-0.2, 0) is 21.2 Å². The van der Waals surface area contributed by atoms with E-state index in [0.29, 0.717) is 25.2 Å². The van der Waals surface area contributed by atoms with E-state index in [-0.39, 0.29) is 16.7 Å². The number of hydrogen-bond donors (Lipinski definition) is 1. The first-order valence-corrected chi connectivity index (χ1v) is 13.4. The summed E-state index contributed by atoms with van der Waals surface area (Å²) in [6.07, 6.45) is 1.38. The third-order valence-electron chi connectivity index (χ3n) is 7.79. The Morgan fingerprint density at radius 3 is 2.39 bits per heavy atom. The summed E-state index contributed by atoms with van der Waals surface area (Å²) in [6.45, 7) is 0.311. The third kappa shape index (κ3) is 4.09. The lowest BCUT2D eigenvalue weighted by Gasteiger charge is -2.61. The minimum Gasteiger partial charge on any atom is -0.331 e. The van der Waals surface area contributed by atoms with Crippen LogP contribution in [0.5, 0.6) is 0 Å². The van der Waals surface area contributed by atoms with E-state index < -0.39 is 75.5 Å². The Labute approximate surface area is 205 Å². The molecule has 3 saturated carbocycles. The van der Waals surface area contributed by atoms with E-state index >= 15 is 13.2 Å². The number of benzene rings is 2. The molecule has 36 heavy (non-hydrogen) atoms. The highest BCUT2D eigenvalue weighted by Gasteiger charge is 2.66. The number of alkyl halides is 2. The summed E-state index contributed by atoms with van der Waals surface area (Å²) in [6, 6.07) is 3.16. The van der Waals surface area contributed by atoms with E-state index in [4.69, 9.17) is 0 Å². The predicted octanol–water partition coefficient (Wildman–Crippen LogP) is 4.27. The number of likely N-dealkylation sites (tertiary alicyclic amines) is 1. The number of amides is 1. The Morgan fingerprint density at radius 2 is 1.78 bits per heavy atom. The van der Waals surface area contributed by atoms with E-state index in [2.05, 4.69) is 0 Å². The molecule has 1 N–H and O–H groups in total. The van der Waals surface area contributed by atoms with Crippen molar-refractivity contribution < 1.29 is 35.2 Å². The van der Waals surface area contributed by atoms with Crippen molar-refractivity contribution in [3.63, 3.8) is 0 Å². The SMILES string of the molecule is CCS(=O)(=O)N[C@@H]1[C@H](Cc2cccc(-c3cc(F)ccc3F)c2F)N(C(=O)C23CC(C2)C3)CC1(F)F. The van der Waals surface area contributed by atoms with Crippen LogP contribution in [0.4, 0.5) is 22.0 Å². The lowest BCUT2D eigenvalue weighted by molar-refractivity contribution is -0.178. The van der Waals surface area contributed by atoms with Crippen molar-refractivity contribution in [2.75, 3.05) is 12.3 Å². The molecule has 194 valence electrons. The van der Waals surface area contributed by atoms with Crippen LogP contribution in [0.2, 0.25) is 0 Å².